The van der Waals surface area contributed by atoms with Crippen LogP contribution >= 0.6 is 0 Å². The summed E-state index contributed by atoms with van der Waals surface area (Å²) in [5.41, 5.74) is 0.906. The summed E-state index contributed by atoms with van der Waals surface area (Å²) < 4.78 is 9.88. The largest absolute Gasteiger partial charge is 0.504 e. The molecule has 0 atom stereocenters. The molecule has 1 aromatic rings. The first kappa shape index (κ1) is 28.7. The summed E-state index contributed by atoms with van der Waals surface area (Å²) >= 11 is 0. The van der Waals surface area contributed by atoms with Gasteiger partial charge in [0.05, 0.1) is 20.0 Å². The summed E-state index contributed by atoms with van der Waals surface area (Å²) in [4.78, 5) is 0. The number of para-hydroxylation sites is 1. The Labute approximate surface area is 180 Å². The average Bonchev–Trinajstić information content (AvgIpc) is 2.72. The normalized spacial score (nSPS) is 15.3. The molecular formula is C27H37O2. The maximum atomic E-state index is 5.21. The quantitative estimate of drug-likeness (QED) is 0.380. The van der Waals surface area contributed by atoms with Gasteiger partial charge in [0.1, 0.15) is 5.75 Å². The summed E-state index contributed by atoms with van der Waals surface area (Å²) in [5, 5.41) is 0. The van der Waals surface area contributed by atoms with Crippen molar-refractivity contribution in [3.8, 4) is 5.75 Å². The zero-order chi connectivity index (χ0) is 22.0. The van der Waals surface area contributed by atoms with Gasteiger partial charge < -0.3 is 9.47 Å². The highest BCUT2D eigenvalue weighted by molar-refractivity contribution is 5.26. The van der Waals surface area contributed by atoms with Gasteiger partial charge in [-0.05, 0) is 70.2 Å². The Balaban J connectivity index is 0. The van der Waals surface area contributed by atoms with Gasteiger partial charge in [-0.3, -0.25) is 0 Å². The van der Waals surface area contributed by atoms with Gasteiger partial charge in [0, 0.05) is 0 Å². The molecular weight excluding hydrogens is 356 g/mol. The highest BCUT2D eigenvalue weighted by Crippen LogP contribution is 2.07. The number of hydrogen-bond donors (Lipinski definition) is 0. The van der Waals surface area contributed by atoms with E-state index in [2.05, 4.69) is 62.7 Å². The monoisotopic (exact) mass is 393 g/mol. The Morgan fingerprint density at radius 3 is 2.17 bits per heavy atom. The van der Waals surface area contributed by atoms with E-state index in [1.807, 2.05) is 49.4 Å². The van der Waals surface area contributed by atoms with E-state index < -0.39 is 0 Å². The van der Waals surface area contributed by atoms with Crippen LogP contribution < -0.4 is 4.74 Å². The summed E-state index contributed by atoms with van der Waals surface area (Å²) in [7, 11) is 1.60. The Hall–Kier alpha value is -2.48. The number of ether oxygens (including phenoxy) is 2. The van der Waals surface area contributed by atoms with Gasteiger partial charge >= 0.3 is 0 Å². The zero-order valence-corrected chi connectivity index (χ0v) is 18.3. The molecule has 0 N–H and O–H groups in total. The molecule has 0 bridgehead atoms. The molecule has 157 valence electrons. The van der Waals surface area contributed by atoms with Gasteiger partial charge in [-0.25, -0.2) is 0 Å². The minimum Gasteiger partial charge on any atom is -0.504 e. The fourth-order valence-electron chi connectivity index (χ4n) is 1.80. The number of hydrogen-bond acceptors (Lipinski definition) is 2. The molecule has 0 saturated heterocycles. The van der Waals surface area contributed by atoms with E-state index in [1.165, 1.54) is 0 Å². The van der Waals surface area contributed by atoms with Crippen LogP contribution in [0.4, 0.5) is 0 Å². The third-order valence-corrected chi connectivity index (χ3v) is 3.00. The van der Waals surface area contributed by atoms with Crippen molar-refractivity contribution in [1.82, 2.24) is 0 Å². The van der Waals surface area contributed by atoms with Crippen LogP contribution in [0.2, 0.25) is 0 Å². The molecule has 2 nitrogen and oxygen atoms in total. The summed E-state index contributed by atoms with van der Waals surface area (Å²) in [6.07, 6.45) is 23.7. The second-order valence-corrected chi connectivity index (χ2v) is 5.25. The minimum atomic E-state index is 0.740. The lowest BCUT2D eigenvalue weighted by Crippen LogP contribution is -1.89. The number of benzene rings is 1. The van der Waals surface area contributed by atoms with Crippen molar-refractivity contribution in [2.45, 2.75) is 26.7 Å². The first-order valence-corrected chi connectivity index (χ1v) is 9.77. The molecule has 1 aliphatic rings. The smallest absolute Gasteiger partial charge is 0.119 e. The molecule has 0 spiro atoms. The number of rotatable bonds is 5. The van der Waals surface area contributed by atoms with Gasteiger partial charge in [0.25, 0.3) is 0 Å². The third kappa shape index (κ3) is 23.5. The molecule has 0 aromatic heterocycles. The van der Waals surface area contributed by atoms with Crippen LogP contribution in [-0.4, -0.2) is 13.7 Å². The van der Waals surface area contributed by atoms with Crippen LogP contribution in [-0.2, 0) is 4.74 Å². The molecule has 0 amide bonds. The number of methoxy groups -OCH3 is 1. The topological polar surface area (TPSA) is 18.5 Å². The van der Waals surface area contributed by atoms with Crippen LogP contribution in [0, 0.1) is 33.6 Å². The fraction of sp³-hybridized carbons (Fsp3) is 0.222. The molecule has 5 radical (unpaired) electrons. The van der Waals surface area contributed by atoms with E-state index >= 15 is 0 Å². The highest BCUT2D eigenvalue weighted by atomic mass is 16.5. The molecule has 1 aliphatic carbocycles. The Kier molecular flexibility index (Phi) is 25.3. The summed E-state index contributed by atoms with van der Waals surface area (Å²) in [6, 6.07) is 9.80. The third-order valence-electron chi connectivity index (χ3n) is 3.00. The van der Waals surface area contributed by atoms with Crippen molar-refractivity contribution in [3.63, 3.8) is 0 Å². The maximum absolute atomic E-state index is 5.21. The van der Waals surface area contributed by atoms with Crippen LogP contribution in [0.5, 0.6) is 5.75 Å². The Bertz CT molecular complexity index is 566. The van der Waals surface area contributed by atoms with Crippen molar-refractivity contribution < 1.29 is 9.47 Å². The van der Waals surface area contributed by atoms with Crippen LogP contribution in [0.25, 0.3) is 0 Å². The lowest BCUT2D eigenvalue weighted by molar-refractivity contribution is 0.338. The van der Waals surface area contributed by atoms with E-state index in [0.29, 0.717) is 0 Å². The second kappa shape index (κ2) is 25.5. The Morgan fingerprint density at radius 1 is 1.03 bits per heavy atom. The SMILES string of the molecule is CCOc1ccccc1.[CH2]C.[CH2]\C=C/C([CH2])=C\C=C\OC.[CH]1/C=C\C/C=C\[CH]C1. The maximum Gasteiger partial charge on any atom is 0.119 e. The average molecular weight is 394 g/mol. The highest BCUT2D eigenvalue weighted by Gasteiger charge is 1.84. The van der Waals surface area contributed by atoms with Gasteiger partial charge in [0.15, 0.2) is 0 Å². The van der Waals surface area contributed by atoms with Gasteiger partial charge in [0.2, 0.25) is 0 Å². The van der Waals surface area contributed by atoms with Crippen molar-refractivity contribution in [1.29, 1.82) is 0 Å². The lowest BCUT2D eigenvalue weighted by atomic mass is 10.1. The van der Waals surface area contributed by atoms with Crippen molar-refractivity contribution in [2.24, 2.45) is 0 Å². The van der Waals surface area contributed by atoms with Gasteiger partial charge in [-0.15, -0.1) is 0 Å². The first-order valence-electron chi connectivity index (χ1n) is 9.77. The molecule has 0 fully saturated rings. The van der Waals surface area contributed by atoms with Gasteiger partial charge in [-0.2, -0.15) is 0 Å². The minimum absolute atomic E-state index is 0.740. The predicted octanol–water partition coefficient (Wildman–Crippen LogP) is 7.52. The van der Waals surface area contributed by atoms with Crippen molar-refractivity contribution in [2.75, 3.05) is 13.7 Å². The number of allylic oxidation sites excluding steroid dienone is 9. The van der Waals surface area contributed by atoms with Crippen molar-refractivity contribution >= 4 is 0 Å². The van der Waals surface area contributed by atoms with Gasteiger partial charge in [-0.1, -0.05) is 74.6 Å². The second-order valence-electron chi connectivity index (χ2n) is 5.25. The molecule has 29 heavy (non-hydrogen) atoms. The molecule has 0 saturated carbocycles. The molecule has 1 aromatic carbocycles. The van der Waals surface area contributed by atoms with E-state index in [4.69, 9.17) is 4.74 Å². The Morgan fingerprint density at radius 2 is 1.66 bits per heavy atom. The standard InChI is InChI=1S/C9H12O.C8H10O.C8H10.C2H5/c1-4-6-9(2)7-5-8-10-3;1-2-9-8-6-4-3-5-7-8;1-2-4-6-8-7-5-3-1;1-2/h4-8H,1-2H2,3H3;3-7H,2H2,1H3;1-3,6-8H,4-5H2;1H2,2H3/b6-4-,8-5+,9-7-;;2-1-,8-6-;. The predicted molar refractivity (Wildman–Crippen MR) is 129 cm³/mol. The molecule has 2 heteroatoms. The van der Waals surface area contributed by atoms with Crippen molar-refractivity contribution in [3.05, 3.63) is 124 Å². The molecule has 0 heterocycles. The molecule has 0 aliphatic heterocycles. The zero-order valence-electron chi connectivity index (χ0n) is 18.3. The van der Waals surface area contributed by atoms with Crippen LogP contribution in [0.15, 0.2) is 90.8 Å². The summed E-state index contributed by atoms with van der Waals surface area (Å²) in [6.45, 7) is 15.0. The van der Waals surface area contributed by atoms with E-state index in [9.17, 15) is 0 Å². The lowest BCUT2D eigenvalue weighted by Gasteiger charge is -1.99. The molecule has 0 unspecified atom stereocenters. The first-order chi connectivity index (χ1) is 14.2. The van der Waals surface area contributed by atoms with Crippen LogP contribution in [0.1, 0.15) is 26.7 Å². The summed E-state index contributed by atoms with van der Waals surface area (Å²) in [5.74, 6) is 0.944. The van der Waals surface area contributed by atoms with E-state index in [1.54, 1.807) is 32.4 Å². The van der Waals surface area contributed by atoms with E-state index in [0.717, 1.165) is 30.8 Å². The fourth-order valence-corrected chi connectivity index (χ4v) is 1.80. The van der Waals surface area contributed by atoms with Crippen LogP contribution in [0.3, 0.4) is 0 Å². The van der Waals surface area contributed by atoms with E-state index in [-0.39, 0.29) is 0 Å². The molecule has 2 rings (SSSR count).